The molecule has 1 aromatic rings. The number of Topliss-reactive ketones (excluding diaryl/α,β-unsaturated/α-hetero) is 1. The van der Waals surface area contributed by atoms with E-state index in [9.17, 15) is 4.79 Å². The molecule has 92 valence electrons. The van der Waals surface area contributed by atoms with Crippen molar-refractivity contribution in [2.24, 2.45) is 0 Å². The fourth-order valence-corrected chi connectivity index (χ4v) is 3.18. The van der Waals surface area contributed by atoms with Crippen LogP contribution < -0.4 is 0 Å². The molecule has 4 heteroatoms. The molecule has 0 radical (unpaired) electrons. The van der Waals surface area contributed by atoms with Gasteiger partial charge in [-0.2, -0.15) is 11.8 Å². The summed E-state index contributed by atoms with van der Waals surface area (Å²) in [5, 5.41) is 0. The van der Waals surface area contributed by atoms with E-state index in [1.807, 2.05) is 43.0 Å². The lowest BCUT2D eigenvalue weighted by Gasteiger charge is -2.31. The van der Waals surface area contributed by atoms with Gasteiger partial charge >= 0.3 is 0 Å². The Morgan fingerprint density at radius 2 is 1.88 bits per heavy atom. The van der Waals surface area contributed by atoms with Crippen molar-refractivity contribution in [3.05, 3.63) is 34.3 Å². The summed E-state index contributed by atoms with van der Waals surface area (Å²) in [6.07, 6.45) is 0. The van der Waals surface area contributed by atoms with Gasteiger partial charge in [-0.25, -0.2) is 0 Å². The van der Waals surface area contributed by atoms with Crippen LogP contribution in [-0.2, 0) is 0 Å². The highest BCUT2D eigenvalue weighted by molar-refractivity contribution is 9.10. The maximum absolute atomic E-state index is 12.3. The molecule has 1 unspecified atom stereocenters. The number of carbonyl (C=O) groups is 1. The van der Waals surface area contributed by atoms with E-state index < -0.39 is 0 Å². The molecule has 0 saturated carbocycles. The molecule has 0 bridgehead atoms. The molecule has 1 aliphatic heterocycles. The third kappa shape index (κ3) is 3.33. The van der Waals surface area contributed by atoms with E-state index in [-0.39, 0.29) is 11.8 Å². The predicted molar refractivity (Wildman–Crippen MR) is 76.8 cm³/mol. The Morgan fingerprint density at radius 3 is 2.47 bits per heavy atom. The Bertz CT molecular complexity index is 387. The van der Waals surface area contributed by atoms with E-state index >= 15 is 0 Å². The van der Waals surface area contributed by atoms with Gasteiger partial charge in [-0.3, -0.25) is 9.69 Å². The van der Waals surface area contributed by atoms with E-state index in [1.165, 1.54) is 0 Å². The van der Waals surface area contributed by atoms with E-state index in [0.29, 0.717) is 0 Å². The number of ketones is 1. The Balaban J connectivity index is 2.05. The number of rotatable bonds is 3. The van der Waals surface area contributed by atoms with Gasteiger partial charge in [0.1, 0.15) is 0 Å². The summed E-state index contributed by atoms with van der Waals surface area (Å²) in [4.78, 5) is 14.6. The molecule has 0 amide bonds. The molecule has 2 rings (SSSR count). The van der Waals surface area contributed by atoms with Crippen LogP contribution in [0.25, 0.3) is 0 Å². The molecule has 0 aromatic heterocycles. The fourth-order valence-electron chi connectivity index (χ4n) is 1.99. The van der Waals surface area contributed by atoms with Crippen molar-refractivity contribution in [1.82, 2.24) is 4.90 Å². The lowest BCUT2D eigenvalue weighted by atomic mass is 10.0. The third-order valence-electron chi connectivity index (χ3n) is 3.10. The third-order valence-corrected chi connectivity index (χ3v) is 4.57. The molecule has 0 N–H and O–H groups in total. The van der Waals surface area contributed by atoms with Gasteiger partial charge < -0.3 is 0 Å². The highest BCUT2D eigenvalue weighted by Gasteiger charge is 2.23. The largest absolute Gasteiger partial charge is 0.292 e. The van der Waals surface area contributed by atoms with Crippen molar-refractivity contribution in [2.75, 3.05) is 24.6 Å². The van der Waals surface area contributed by atoms with Crippen molar-refractivity contribution in [3.8, 4) is 0 Å². The van der Waals surface area contributed by atoms with Gasteiger partial charge in [-0.1, -0.05) is 28.1 Å². The number of carbonyl (C=O) groups excluding carboxylic acids is 1. The first kappa shape index (κ1) is 13.1. The second-order valence-electron chi connectivity index (χ2n) is 4.20. The summed E-state index contributed by atoms with van der Waals surface area (Å²) >= 11 is 5.35. The standard InChI is InChI=1S/C13H16BrNOS/c1-10(15-6-8-17-9-7-15)13(16)11-2-4-12(14)5-3-11/h2-5,10H,6-9H2,1H3. The highest BCUT2D eigenvalue weighted by Crippen LogP contribution is 2.17. The van der Waals surface area contributed by atoms with Gasteiger partial charge in [0.2, 0.25) is 0 Å². The van der Waals surface area contributed by atoms with Crippen molar-refractivity contribution in [3.63, 3.8) is 0 Å². The Kier molecular flexibility index (Phi) is 4.65. The van der Waals surface area contributed by atoms with Crippen LogP contribution in [0, 0.1) is 0 Å². The summed E-state index contributed by atoms with van der Waals surface area (Å²) in [5.41, 5.74) is 0.805. The minimum Gasteiger partial charge on any atom is -0.292 e. The van der Waals surface area contributed by atoms with Crippen molar-refractivity contribution < 1.29 is 4.79 Å². The SMILES string of the molecule is CC(C(=O)c1ccc(Br)cc1)N1CCSCC1. The van der Waals surface area contributed by atoms with Crippen LogP contribution in [0.2, 0.25) is 0 Å². The van der Waals surface area contributed by atoms with Crippen LogP contribution in [0.5, 0.6) is 0 Å². The number of hydrogen-bond donors (Lipinski definition) is 0. The van der Waals surface area contributed by atoms with Crippen LogP contribution in [0.4, 0.5) is 0 Å². The summed E-state index contributed by atoms with van der Waals surface area (Å²) in [6.45, 7) is 4.06. The van der Waals surface area contributed by atoms with Crippen LogP contribution in [0.15, 0.2) is 28.7 Å². The zero-order chi connectivity index (χ0) is 12.3. The summed E-state index contributed by atoms with van der Waals surface area (Å²) < 4.78 is 1.01. The van der Waals surface area contributed by atoms with Crippen molar-refractivity contribution in [2.45, 2.75) is 13.0 Å². The second kappa shape index (κ2) is 6.03. The number of benzene rings is 1. The molecule has 2 nitrogen and oxygen atoms in total. The summed E-state index contributed by atoms with van der Waals surface area (Å²) in [6, 6.07) is 7.62. The zero-order valence-electron chi connectivity index (χ0n) is 9.86. The smallest absolute Gasteiger partial charge is 0.179 e. The molecular formula is C13H16BrNOS. The Labute approximate surface area is 115 Å². The number of hydrogen-bond acceptors (Lipinski definition) is 3. The molecule has 1 saturated heterocycles. The molecule has 1 heterocycles. The van der Waals surface area contributed by atoms with Crippen molar-refractivity contribution >= 4 is 33.5 Å². The van der Waals surface area contributed by atoms with E-state index in [0.717, 1.165) is 34.6 Å². The first-order chi connectivity index (χ1) is 8.18. The molecule has 0 aliphatic carbocycles. The summed E-state index contributed by atoms with van der Waals surface area (Å²) in [7, 11) is 0. The van der Waals surface area contributed by atoms with Crippen LogP contribution in [-0.4, -0.2) is 41.3 Å². The van der Waals surface area contributed by atoms with Gasteiger partial charge in [0.25, 0.3) is 0 Å². The van der Waals surface area contributed by atoms with E-state index in [2.05, 4.69) is 20.8 Å². The molecular weight excluding hydrogens is 298 g/mol. The number of nitrogens with zero attached hydrogens (tertiary/aromatic N) is 1. The first-order valence-corrected chi connectivity index (χ1v) is 7.75. The topological polar surface area (TPSA) is 20.3 Å². The van der Waals surface area contributed by atoms with Gasteiger partial charge in [0.05, 0.1) is 6.04 Å². The maximum Gasteiger partial charge on any atom is 0.179 e. The number of thioether (sulfide) groups is 1. The average Bonchev–Trinajstić information content (AvgIpc) is 2.39. The second-order valence-corrected chi connectivity index (χ2v) is 6.34. The monoisotopic (exact) mass is 313 g/mol. The lowest BCUT2D eigenvalue weighted by molar-refractivity contribution is 0.0851. The van der Waals surface area contributed by atoms with Crippen LogP contribution in [0.3, 0.4) is 0 Å². The van der Waals surface area contributed by atoms with Crippen molar-refractivity contribution in [1.29, 1.82) is 0 Å². The van der Waals surface area contributed by atoms with Gasteiger partial charge in [-0.15, -0.1) is 0 Å². The molecule has 1 aromatic carbocycles. The highest BCUT2D eigenvalue weighted by atomic mass is 79.9. The van der Waals surface area contributed by atoms with Gasteiger partial charge in [0, 0.05) is 34.6 Å². The average molecular weight is 314 g/mol. The molecule has 0 spiro atoms. The minimum absolute atomic E-state index is 0.00271. The summed E-state index contributed by atoms with van der Waals surface area (Å²) in [5.74, 6) is 2.50. The Hall–Kier alpha value is -0.320. The predicted octanol–water partition coefficient (Wildman–Crippen LogP) is 3.07. The van der Waals surface area contributed by atoms with E-state index in [1.54, 1.807) is 0 Å². The van der Waals surface area contributed by atoms with Gasteiger partial charge in [0.15, 0.2) is 5.78 Å². The minimum atomic E-state index is -0.00271. The zero-order valence-corrected chi connectivity index (χ0v) is 12.3. The van der Waals surface area contributed by atoms with Gasteiger partial charge in [-0.05, 0) is 19.1 Å². The molecule has 17 heavy (non-hydrogen) atoms. The Morgan fingerprint density at radius 1 is 1.29 bits per heavy atom. The van der Waals surface area contributed by atoms with E-state index in [4.69, 9.17) is 0 Å². The van der Waals surface area contributed by atoms with Crippen LogP contribution >= 0.6 is 27.7 Å². The molecule has 1 atom stereocenters. The first-order valence-electron chi connectivity index (χ1n) is 5.80. The normalized spacial score (nSPS) is 18.9. The molecule has 1 aliphatic rings. The molecule has 1 fully saturated rings. The quantitative estimate of drug-likeness (QED) is 0.800. The van der Waals surface area contributed by atoms with Crippen LogP contribution in [0.1, 0.15) is 17.3 Å². The lowest BCUT2D eigenvalue weighted by Crippen LogP contribution is -2.43. The maximum atomic E-state index is 12.3. The number of halogens is 1. The fraction of sp³-hybridized carbons (Fsp3) is 0.462.